The highest BCUT2D eigenvalue weighted by atomic mass is 32.2. The van der Waals surface area contributed by atoms with Gasteiger partial charge in [0.1, 0.15) is 0 Å². The van der Waals surface area contributed by atoms with E-state index in [1.807, 2.05) is 6.92 Å². The molecule has 1 aliphatic heterocycles. The highest BCUT2D eigenvalue weighted by Gasteiger charge is 2.31. The summed E-state index contributed by atoms with van der Waals surface area (Å²) in [7, 11) is -3.66. The van der Waals surface area contributed by atoms with Gasteiger partial charge < -0.3 is 10.6 Å². The molecule has 0 bridgehead atoms. The van der Waals surface area contributed by atoms with Crippen molar-refractivity contribution in [3.8, 4) is 0 Å². The van der Waals surface area contributed by atoms with Crippen molar-refractivity contribution < 1.29 is 18.0 Å². The Morgan fingerprint density at radius 1 is 1.07 bits per heavy atom. The van der Waals surface area contributed by atoms with Gasteiger partial charge in [-0.05, 0) is 57.2 Å². The molecule has 7 nitrogen and oxygen atoms in total. The summed E-state index contributed by atoms with van der Waals surface area (Å²) in [5.41, 5.74) is 0.956. The second kappa shape index (κ2) is 9.92. The van der Waals surface area contributed by atoms with E-state index in [1.165, 1.54) is 16.8 Å². The Balaban J connectivity index is 1.66. The molecule has 1 heterocycles. The van der Waals surface area contributed by atoms with E-state index in [1.54, 1.807) is 19.1 Å². The summed E-state index contributed by atoms with van der Waals surface area (Å²) in [5.74, 6) is -0.645. The van der Waals surface area contributed by atoms with E-state index in [4.69, 9.17) is 0 Å². The van der Waals surface area contributed by atoms with Crippen LogP contribution in [0, 0.1) is 6.92 Å². The number of nitrogens with one attached hydrogen (secondary N) is 2. The largest absolute Gasteiger partial charge is 0.352 e. The van der Waals surface area contributed by atoms with E-state index in [0.717, 1.165) is 44.9 Å². The maximum absolute atomic E-state index is 13.1. The quantitative estimate of drug-likeness (QED) is 0.718. The number of rotatable bonds is 6. The lowest BCUT2D eigenvalue weighted by atomic mass is 9.95. The Kier molecular flexibility index (Phi) is 7.52. The fourth-order valence-corrected chi connectivity index (χ4v) is 6.08. The minimum absolute atomic E-state index is 0.0502. The number of nitrogens with zero attached hydrogens (tertiary/aromatic N) is 1. The highest BCUT2D eigenvalue weighted by Crippen LogP contribution is 2.26. The van der Waals surface area contributed by atoms with Crippen molar-refractivity contribution in [2.24, 2.45) is 0 Å². The fourth-order valence-electron chi connectivity index (χ4n) is 4.35. The summed E-state index contributed by atoms with van der Waals surface area (Å²) < 4.78 is 27.7. The molecule has 1 saturated heterocycles. The zero-order chi connectivity index (χ0) is 21.7. The summed E-state index contributed by atoms with van der Waals surface area (Å²) in [4.78, 5) is 25.0. The van der Waals surface area contributed by atoms with Crippen molar-refractivity contribution in [3.05, 3.63) is 29.3 Å². The Labute approximate surface area is 179 Å². The number of benzene rings is 1. The number of hydrogen-bond donors (Lipinski definition) is 2. The molecule has 3 rings (SSSR count). The van der Waals surface area contributed by atoms with E-state index in [2.05, 4.69) is 10.6 Å². The van der Waals surface area contributed by atoms with Crippen LogP contribution in [0.15, 0.2) is 23.1 Å². The van der Waals surface area contributed by atoms with Crippen LogP contribution in [0.2, 0.25) is 0 Å². The predicted octanol–water partition coefficient (Wildman–Crippen LogP) is 2.74. The van der Waals surface area contributed by atoms with Crippen molar-refractivity contribution in [2.45, 2.75) is 82.2 Å². The molecule has 2 N–H and O–H groups in total. The van der Waals surface area contributed by atoms with Gasteiger partial charge in [-0.1, -0.05) is 31.7 Å². The summed E-state index contributed by atoms with van der Waals surface area (Å²) in [6, 6.07) is 4.77. The van der Waals surface area contributed by atoms with Gasteiger partial charge >= 0.3 is 0 Å². The second-order valence-electron chi connectivity index (χ2n) is 8.52. The normalized spacial score (nSPS) is 21.2. The number of sulfonamides is 1. The maximum Gasteiger partial charge on any atom is 0.252 e. The van der Waals surface area contributed by atoms with Crippen LogP contribution in [-0.2, 0) is 14.8 Å². The lowest BCUT2D eigenvalue weighted by Gasteiger charge is -2.32. The summed E-state index contributed by atoms with van der Waals surface area (Å²) in [5, 5.41) is 5.60. The number of piperidine rings is 1. The Hall–Kier alpha value is -1.93. The molecule has 2 amide bonds. The van der Waals surface area contributed by atoms with Crippen molar-refractivity contribution in [2.75, 3.05) is 13.1 Å². The van der Waals surface area contributed by atoms with Gasteiger partial charge in [0.05, 0.1) is 11.4 Å². The van der Waals surface area contributed by atoms with Crippen molar-refractivity contribution in [3.63, 3.8) is 0 Å². The molecule has 1 atom stereocenters. The third-order valence-electron chi connectivity index (χ3n) is 6.18. The molecule has 0 aromatic heterocycles. The molecule has 1 aromatic carbocycles. The van der Waals surface area contributed by atoms with Crippen LogP contribution in [0.25, 0.3) is 0 Å². The predicted molar refractivity (Wildman–Crippen MR) is 116 cm³/mol. The Bertz CT molecular complexity index is 878. The molecule has 1 aliphatic carbocycles. The van der Waals surface area contributed by atoms with Gasteiger partial charge in [0, 0.05) is 24.2 Å². The van der Waals surface area contributed by atoms with Crippen molar-refractivity contribution >= 4 is 21.8 Å². The number of aryl methyl sites for hydroxylation is 1. The number of carbonyl (C=O) groups excluding carboxylic acids is 2. The van der Waals surface area contributed by atoms with Crippen molar-refractivity contribution in [1.82, 2.24) is 14.9 Å². The molecule has 0 radical (unpaired) electrons. The van der Waals surface area contributed by atoms with E-state index >= 15 is 0 Å². The van der Waals surface area contributed by atoms with Crippen LogP contribution in [0.5, 0.6) is 0 Å². The van der Waals surface area contributed by atoms with Gasteiger partial charge in [-0.15, -0.1) is 0 Å². The highest BCUT2D eigenvalue weighted by molar-refractivity contribution is 7.89. The topological polar surface area (TPSA) is 95.6 Å². The zero-order valence-electron chi connectivity index (χ0n) is 17.9. The monoisotopic (exact) mass is 435 g/mol. The molecular weight excluding hydrogens is 402 g/mol. The summed E-state index contributed by atoms with van der Waals surface area (Å²) >= 11 is 0. The molecule has 30 heavy (non-hydrogen) atoms. The maximum atomic E-state index is 13.1. The first kappa shape index (κ1) is 22.7. The third kappa shape index (κ3) is 5.40. The van der Waals surface area contributed by atoms with Crippen LogP contribution < -0.4 is 10.6 Å². The standard InChI is InChI=1S/C22H33N3O4S/c1-16-11-12-19(30(28,29)25-13-7-6-8-17(25)2)14-20(16)22(27)23-15-21(26)24-18-9-4-3-5-10-18/h11-12,14,17-18H,3-10,13,15H2,1-2H3,(H,23,27)(H,24,26). The van der Waals surface area contributed by atoms with Gasteiger partial charge in [0.2, 0.25) is 15.9 Å². The zero-order valence-corrected chi connectivity index (χ0v) is 18.8. The smallest absolute Gasteiger partial charge is 0.252 e. The van der Waals surface area contributed by atoms with Crippen LogP contribution in [-0.4, -0.2) is 49.7 Å². The fraction of sp³-hybridized carbons (Fsp3) is 0.636. The first-order valence-electron chi connectivity index (χ1n) is 11.0. The molecule has 1 unspecified atom stereocenters. The molecule has 1 aromatic rings. The number of amides is 2. The Morgan fingerprint density at radius 2 is 1.77 bits per heavy atom. The van der Waals surface area contributed by atoms with Gasteiger partial charge in [0.15, 0.2) is 0 Å². The first-order valence-corrected chi connectivity index (χ1v) is 12.4. The number of hydrogen-bond acceptors (Lipinski definition) is 4. The number of carbonyl (C=O) groups is 2. The molecule has 2 aliphatic rings. The summed E-state index contributed by atoms with van der Waals surface area (Å²) in [6.07, 6.45) is 8.12. The van der Waals surface area contributed by atoms with Crippen LogP contribution >= 0.6 is 0 Å². The van der Waals surface area contributed by atoms with E-state index in [-0.39, 0.29) is 35.0 Å². The third-order valence-corrected chi connectivity index (χ3v) is 8.19. The SMILES string of the molecule is Cc1ccc(S(=O)(=O)N2CCCCC2C)cc1C(=O)NCC(=O)NC1CCCCC1. The first-order chi connectivity index (χ1) is 14.3. The van der Waals surface area contributed by atoms with Gasteiger partial charge in [0.25, 0.3) is 5.91 Å². The van der Waals surface area contributed by atoms with Gasteiger partial charge in [-0.25, -0.2) is 8.42 Å². The van der Waals surface area contributed by atoms with Gasteiger partial charge in [-0.3, -0.25) is 9.59 Å². The lowest BCUT2D eigenvalue weighted by molar-refractivity contribution is -0.121. The molecule has 2 fully saturated rings. The average Bonchev–Trinajstić information content (AvgIpc) is 2.73. The van der Waals surface area contributed by atoms with E-state index < -0.39 is 15.9 Å². The van der Waals surface area contributed by atoms with Crippen molar-refractivity contribution in [1.29, 1.82) is 0 Å². The molecule has 8 heteroatoms. The second-order valence-corrected chi connectivity index (χ2v) is 10.4. The van der Waals surface area contributed by atoms with Gasteiger partial charge in [-0.2, -0.15) is 4.31 Å². The minimum atomic E-state index is -3.66. The van der Waals surface area contributed by atoms with Crippen LogP contribution in [0.4, 0.5) is 0 Å². The minimum Gasteiger partial charge on any atom is -0.352 e. The molecule has 0 spiro atoms. The average molecular weight is 436 g/mol. The lowest BCUT2D eigenvalue weighted by Crippen LogP contribution is -2.43. The molecule has 1 saturated carbocycles. The van der Waals surface area contributed by atoms with Crippen LogP contribution in [0.1, 0.15) is 74.2 Å². The van der Waals surface area contributed by atoms with E-state index in [0.29, 0.717) is 12.1 Å². The van der Waals surface area contributed by atoms with E-state index in [9.17, 15) is 18.0 Å². The summed E-state index contributed by atoms with van der Waals surface area (Å²) in [6.45, 7) is 4.07. The molecule has 166 valence electrons. The van der Waals surface area contributed by atoms with Crippen LogP contribution in [0.3, 0.4) is 0 Å². The molecular formula is C22H33N3O4S. The Morgan fingerprint density at radius 3 is 2.47 bits per heavy atom.